The third kappa shape index (κ3) is 3.79. The van der Waals surface area contributed by atoms with Gasteiger partial charge in [0.05, 0.1) is 6.61 Å². The first-order valence-electron chi connectivity index (χ1n) is 8.23. The van der Waals surface area contributed by atoms with Crippen LogP contribution in [0, 0.1) is 5.92 Å². The van der Waals surface area contributed by atoms with Crippen molar-refractivity contribution in [3.63, 3.8) is 0 Å². The first-order valence-corrected chi connectivity index (χ1v) is 8.23. The van der Waals surface area contributed by atoms with E-state index < -0.39 is 0 Å². The van der Waals surface area contributed by atoms with Crippen LogP contribution in [0.1, 0.15) is 19.4 Å². The van der Waals surface area contributed by atoms with Crippen LogP contribution in [-0.4, -0.2) is 34.4 Å². The van der Waals surface area contributed by atoms with E-state index in [1.54, 1.807) is 4.57 Å². The Hall–Kier alpha value is -2.27. The van der Waals surface area contributed by atoms with Crippen LogP contribution in [0.4, 0.5) is 5.69 Å². The third-order valence-electron chi connectivity index (χ3n) is 4.14. The molecule has 1 aromatic heterocycles. The number of hydrogen-bond donors (Lipinski definition) is 1. The van der Waals surface area contributed by atoms with Gasteiger partial charge in [-0.15, -0.1) is 0 Å². The fourth-order valence-electron chi connectivity index (χ4n) is 2.69. The van der Waals surface area contributed by atoms with Crippen molar-refractivity contribution in [1.29, 1.82) is 0 Å². The Morgan fingerprint density at radius 2 is 1.92 bits per heavy atom. The maximum absolute atomic E-state index is 12.6. The van der Waals surface area contributed by atoms with Crippen LogP contribution in [-0.2, 0) is 13.6 Å². The summed E-state index contributed by atoms with van der Waals surface area (Å²) in [6, 6.07) is 7.93. The monoisotopic (exact) mass is 329 g/mol. The van der Waals surface area contributed by atoms with Crippen molar-refractivity contribution in [1.82, 2.24) is 9.13 Å². The fraction of sp³-hybridized carbons (Fsp3) is 0.421. The zero-order chi connectivity index (χ0) is 17.9. The van der Waals surface area contributed by atoms with Gasteiger partial charge in [0.2, 0.25) is 0 Å². The zero-order valence-electron chi connectivity index (χ0n) is 15.0. The van der Waals surface area contributed by atoms with Crippen molar-refractivity contribution in [2.75, 3.05) is 25.1 Å². The van der Waals surface area contributed by atoms with E-state index in [9.17, 15) is 4.79 Å². The van der Waals surface area contributed by atoms with E-state index in [1.807, 2.05) is 53.9 Å². The minimum Gasteiger partial charge on any atom is -0.395 e. The summed E-state index contributed by atoms with van der Waals surface area (Å²) in [6.45, 7) is 9.58. The molecule has 2 rings (SSSR count). The van der Waals surface area contributed by atoms with E-state index in [2.05, 4.69) is 20.4 Å². The quantitative estimate of drug-likeness (QED) is 0.840. The molecule has 0 saturated carbocycles. The highest BCUT2D eigenvalue weighted by molar-refractivity contribution is 5.55. The Morgan fingerprint density at radius 3 is 2.46 bits per heavy atom. The molecule has 5 nitrogen and oxygen atoms in total. The number of rotatable bonds is 6. The molecule has 0 aliphatic rings. The average Bonchev–Trinajstić information content (AvgIpc) is 2.73. The van der Waals surface area contributed by atoms with Gasteiger partial charge in [0.1, 0.15) is 10.8 Å². The lowest BCUT2D eigenvalue weighted by Crippen LogP contribution is -2.32. The van der Waals surface area contributed by atoms with E-state index in [1.165, 1.54) is 0 Å². The second kappa shape index (κ2) is 7.53. The van der Waals surface area contributed by atoms with E-state index in [0.29, 0.717) is 24.4 Å². The Labute approximate surface area is 142 Å². The molecule has 0 saturated heterocycles. The van der Waals surface area contributed by atoms with Gasteiger partial charge in [-0.1, -0.05) is 32.6 Å². The molecule has 0 aliphatic carbocycles. The molecule has 0 amide bonds. The highest BCUT2D eigenvalue weighted by Gasteiger charge is 2.08. The van der Waals surface area contributed by atoms with Gasteiger partial charge >= 0.3 is 0 Å². The van der Waals surface area contributed by atoms with E-state index in [-0.39, 0.29) is 12.2 Å². The lowest BCUT2D eigenvalue weighted by atomic mass is 10.2. The summed E-state index contributed by atoms with van der Waals surface area (Å²) in [6.07, 6.45) is 1.89. The lowest BCUT2D eigenvalue weighted by molar-refractivity contribution is 0.304. The summed E-state index contributed by atoms with van der Waals surface area (Å²) in [5, 5.41) is 9.64. The normalized spacial score (nSPS) is 12.2. The molecule has 0 fully saturated rings. The number of likely N-dealkylation sites (N-methyl/N-ethyl adjacent to an activating group) is 1. The summed E-state index contributed by atoms with van der Waals surface area (Å²) in [5.41, 5.74) is 2.71. The standard InChI is InChI=1S/C19H27N3O2/c1-14(2)13-22-15(3)21(5)18(19(22)24)12-16-6-8-17(9-7-16)20(4)10-11-23/h6-9,12,14,23H,3,10-11,13H2,1-2,4-5H3/b18-12+. The molecule has 2 aromatic rings. The molecule has 0 atom stereocenters. The van der Waals surface area contributed by atoms with Gasteiger partial charge in [-0.25, -0.2) is 0 Å². The number of aliphatic hydroxyl groups is 1. The number of hydrogen-bond acceptors (Lipinski definition) is 3. The minimum absolute atomic E-state index is 0.00215. The van der Waals surface area contributed by atoms with E-state index in [0.717, 1.165) is 16.7 Å². The number of anilines is 1. The van der Waals surface area contributed by atoms with Crippen molar-refractivity contribution >= 4 is 18.3 Å². The number of benzene rings is 1. The number of aromatic nitrogens is 2. The zero-order valence-corrected chi connectivity index (χ0v) is 15.0. The highest BCUT2D eigenvalue weighted by atomic mass is 16.3. The maximum atomic E-state index is 12.6. The van der Waals surface area contributed by atoms with Crippen molar-refractivity contribution in [3.8, 4) is 0 Å². The van der Waals surface area contributed by atoms with Crippen LogP contribution >= 0.6 is 0 Å². The molecule has 0 spiro atoms. The number of imidazole rings is 1. The fourth-order valence-corrected chi connectivity index (χ4v) is 2.69. The van der Waals surface area contributed by atoms with Crippen LogP contribution in [0.3, 0.4) is 0 Å². The SMILES string of the molecule is C=c1n(CC(C)C)c(=O)/c(=C\c2ccc(N(C)CCO)cc2)n1C. The van der Waals surface area contributed by atoms with E-state index >= 15 is 0 Å². The molecule has 0 bridgehead atoms. The highest BCUT2D eigenvalue weighted by Crippen LogP contribution is 2.13. The van der Waals surface area contributed by atoms with Crippen molar-refractivity contribution in [3.05, 3.63) is 51.0 Å². The largest absolute Gasteiger partial charge is 0.395 e. The molecule has 1 N–H and O–H groups in total. The van der Waals surface area contributed by atoms with Gasteiger partial charge in [0.15, 0.2) is 0 Å². The van der Waals surface area contributed by atoms with Gasteiger partial charge < -0.3 is 14.6 Å². The van der Waals surface area contributed by atoms with Gasteiger partial charge in [-0.05, 0) is 29.7 Å². The molecule has 0 unspecified atom stereocenters. The second-order valence-electron chi connectivity index (χ2n) is 6.55. The van der Waals surface area contributed by atoms with Gasteiger partial charge in [0.25, 0.3) is 5.56 Å². The van der Waals surface area contributed by atoms with Crippen molar-refractivity contribution < 1.29 is 5.11 Å². The topological polar surface area (TPSA) is 50.4 Å². The summed E-state index contributed by atoms with van der Waals surface area (Å²) < 4.78 is 3.58. The number of nitrogens with zero attached hydrogens (tertiary/aromatic N) is 3. The van der Waals surface area contributed by atoms with Crippen molar-refractivity contribution in [2.24, 2.45) is 13.0 Å². The molecule has 24 heavy (non-hydrogen) atoms. The van der Waals surface area contributed by atoms with Crippen LogP contribution in [0.5, 0.6) is 0 Å². The Morgan fingerprint density at radius 1 is 1.29 bits per heavy atom. The predicted molar refractivity (Wildman–Crippen MR) is 99.6 cm³/mol. The molecular formula is C19H27N3O2. The summed E-state index contributed by atoms with van der Waals surface area (Å²) >= 11 is 0. The predicted octanol–water partition coefficient (Wildman–Crippen LogP) is 0.510. The van der Waals surface area contributed by atoms with E-state index in [4.69, 9.17) is 5.11 Å². The third-order valence-corrected chi connectivity index (χ3v) is 4.14. The summed E-state index contributed by atoms with van der Waals surface area (Å²) in [7, 11) is 3.81. The first kappa shape index (κ1) is 18.1. The molecular weight excluding hydrogens is 302 g/mol. The van der Waals surface area contributed by atoms with Crippen LogP contribution < -0.4 is 21.3 Å². The Balaban J connectivity index is 2.42. The van der Waals surface area contributed by atoms with Crippen molar-refractivity contribution in [2.45, 2.75) is 20.4 Å². The molecule has 1 heterocycles. The molecule has 1 aromatic carbocycles. The maximum Gasteiger partial charge on any atom is 0.276 e. The molecule has 5 heteroatoms. The lowest BCUT2D eigenvalue weighted by Gasteiger charge is -2.17. The average molecular weight is 329 g/mol. The molecule has 0 aliphatic heterocycles. The Bertz CT molecular complexity index is 844. The first-order chi connectivity index (χ1) is 11.3. The van der Waals surface area contributed by atoms with Crippen LogP contribution in [0.25, 0.3) is 12.7 Å². The second-order valence-corrected chi connectivity index (χ2v) is 6.55. The minimum atomic E-state index is -0.00215. The van der Waals surface area contributed by atoms with Crippen LogP contribution in [0.15, 0.2) is 29.1 Å². The summed E-state index contributed by atoms with van der Waals surface area (Å²) in [4.78, 5) is 14.6. The van der Waals surface area contributed by atoms with Crippen LogP contribution in [0.2, 0.25) is 0 Å². The number of aliphatic hydroxyl groups excluding tert-OH is 1. The Kier molecular flexibility index (Phi) is 5.67. The smallest absolute Gasteiger partial charge is 0.276 e. The van der Waals surface area contributed by atoms with Gasteiger partial charge in [0, 0.05) is 32.9 Å². The summed E-state index contributed by atoms with van der Waals surface area (Å²) in [5.74, 6) is 0.389. The molecule has 0 radical (unpaired) electrons. The van der Waals surface area contributed by atoms with Gasteiger partial charge in [-0.2, -0.15) is 0 Å². The molecule has 130 valence electrons. The van der Waals surface area contributed by atoms with Gasteiger partial charge in [-0.3, -0.25) is 9.36 Å².